The van der Waals surface area contributed by atoms with Crippen molar-refractivity contribution in [3.8, 4) is 5.69 Å². The number of hydrogen-bond donors (Lipinski definition) is 3. The molecule has 0 bridgehead atoms. The van der Waals surface area contributed by atoms with Gasteiger partial charge in [-0.2, -0.15) is 0 Å². The van der Waals surface area contributed by atoms with Crippen molar-refractivity contribution in [3.63, 3.8) is 0 Å². The fraction of sp³-hybridized carbons (Fsp3) is 0.100. The van der Waals surface area contributed by atoms with E-state index in [1.54, 1.807) is 28.8 Å². The molecule has 0 radical (unpaired) electrons. The van der Waals surface area contributed by atoms with E-state index in [-0.39, 0.29) is 18.2 Å². The molecule has 1 heterocycles. The van der Waals surface area contributed by atoms with Crippen molar-refractivity contribution in [2.45, 2.75) is 13.3 Å². The van der Waals surface area contributed by atoms with Gasteiger partial charge in [-0.05, 0) is 29.8 Å². The Morgan fingerprint density at radius 3 is 2.36 bits per heavy atom. The number of benzene rings is 2. The van der Waals surface area contributed by atoms with E-state index in [2.05, 4.69) is 21.2 Å². The lowest BCUT2D eigenvalue weighted by atomic mass is 10.1. The molecule has 2 aromatic carbocycles. The quantitative estimate of drug-likeness (QED) is 0.590. The Morgan fingerprint density at radius 2 is 1.68 bits per heavy atom. The summed E-state index contributed by atoms with van der Waals surface area (Å²) in [6, 6.07) is 16.2. The lowest BCUT2D eigenvalue weighted by Gasteiger charge is -2.10. The summed E-state index contributed by atoms with van der Waals surface area (Å²) in [5, 5.41) is 2.66. The number of nitrogens with one attached hydrogen (secondary N) is 3. The molecule has 0 saturated heterocycles. The van der Waals surface area contributed by atoms with Gasteiger partial charge in [0.05, 0.1) is 18.9 Å². The Balaban J connectivity index is 1.56. The molecule has 0 unspecified atom stereocenters. The van der Waals surface area contributed by atoms with Crippen LogP contribution in [0.3, 0.4) is 0 Å². The van der Waals surface area contributed by atoms with Gasteiger partial charge in [0.15, 0.2) is 0 Å². The minimum Gasteiger partial charge on any atom is -0.326 e. The van der Waals surface area contributed by atoms with Crippen molar-refractivity contribution >= 4 is 23.4 Å². The van der Waals surface area contributed by atoms with E-state index in [0.29, 0.717) is 11.4 Å². The Kier molecular flexibility index (Phi) is 5.81. The van der Waals surface area contributed by atoms with Crippen molar-refractivity contribution in [1.29, 1.82) is 0 Å². The van der Waals surface area contributed by atoms with Crippen LogP contribution in [0.25, 0.3) is 5.69 Å². The van der Waals surface area contributed by atoms with Gasteiger partial charge in [-0.25, -0.2) is 4.98 Å². The van der Waals surface area contributed by atoms with Gasteiger partial charge in [0.2, 0.25) is 11.8 Å². The van der Waals surface area contributed by atoms with Gasteiger partial charge in [-0.15, -0.1) is 0 Å². The first-order chi connectivity index (χ1) is 13.5. The summed E-state index contributed by atoms with van der Waals surface area (Å²) >= 11 is 0. The van der Waals surface area contributed by atoms with Gasteiger partial charge in [0.25, 0.3) is 5.91 Å². The average Bonchev–Trinajstić information content (AvgIpc) is 3.18. The van der Waals surface area contributed by atoms with Gasteiger partial charge in [0.1, 0.15) is 5.69 Å². The number of carbonyl (C=O) groups excluding carboxylic acids is 3. The highest BCUT2D eigenvalue weighted by molar-refractivity contribution is 5.94. The monoisotopic (exact) mass is 377 g/mol. The molecule has 0 spiro atoms. The molecule has 1 aromatic heterocycles. The van der Waals surface area contributed by atoms with Crippen LogP contribution in [-0.4, -0.2) is 27.3 Å². The summed E-state index contributed by atoms with van der Waals surface area (Å²) in [6.45, 7) is 1.42. The molecule has 0 fully saturated rings. The third kappa shape index (κ3) is 4.82. The maximum atomic E-state index is 12.4. The highest BCUT2D eigenvalue weighted by Crippen LogP contribution is 2.11. The van der Waals surface area contributed by atoms with Crippen molar-refractivity contribution in [2.24, 2.45) is 0 Å². The molecule has 0 aliphatic carbocycles. The number of hydrazine groups is 1. The van der Waals surface area contributed by atoms with Crippen molar-refractivity contribution in [1.82, 2.24) is 20.4 Å². The molecular weight excluding hydrogens is 358 g/mol. The number of imidazole rings is 1. The first-order valence-electron chi connectivity index (χ1n) is 8.56. The molecule has 3 rings (SSSR count). The molecule has 0 atom stereocenters. The summed E-state index contributed by atoms with van der Waals surface area (Å²) in [4.78, 5) is 39.5. The molecule has 142 valence electrons. The second-order valence-electron chi connectivity index (χ2n) is 6.04. The van der Waals surface area contributed by atoms with Crippen LogP contribution in [-0.2, 0) is 16.0 Å². The van der Waals surface area contributed by atoms with Crippen LogP contribution in [0.2, 0.25) is 0 Å². The van der Waals surface area contributed by atoms with E-state index in [4.69, 9.17) is 0 Å². The van der Waals surface area contributed by atoms with Crippen LogP contribution in [0.4, 0.5) is 5.69 Å². The summed E-state index contributed by atoms with van der Waals surface area (Å²) in [5.41, 5.74) is 7.27. The van der Waals surface area contributed by atoms with Crippen molar-refractivity contribution in [3.05, 3.63) is 78.4 Å². The Hall–Kier alpha value is -3.94. The maximum Gasteiger partial charge on any atom is 0.288 e. The van der Waals surface area contributed by atoms with Crippen molar-refractivity contribution in [2.75, 3.05) is 5.32 Å². The summed E-state index contributed by atoms with van der Waals surface area (Å²) in [6.07, 6.45) is 3.04. The minimum atomic E-state index is -0.476. The zero-order valence-corrected chi connectivity index (χ0v) is 15.2. The maximum absolute atomic E-state index is 12.4. The molecule has 8 nitrogen and oxygen atoms in total. The second kappa shape index (κ2) is 8.63. The normalized spacial score (nSPS) is 10.2. The average molecular weight is 377 g/mol. The fourth-order valence-electron chi connectivity index (χ4n) is 2.59. The topological polar surface area (TPSA) is 105 Å². The number of anilines is 1. The van der Waals surface area contributed by atoms with Crippen LogP contribution >= 0.6 is 0 Å². The summed E-state index contributed by atoms with van der Waals surface area (Å²) in [5.74, 6) is -1.01. The van der Waals surface area contributed by atoms with Crippen LogP contribution < -0.4 is 16.2 Å². The summed E-state index contributed by atoms with van der Waals surface area (Å²) < 4.78 is 1.63. The van der Waals surface area contributed by atoms with Gasteiger partial charge in [-0.1, -0.05) is 30.3 Å². The van der Waals surface area contributed by atoms with Crippen LogP contribution in [0, 0.1) is 0 Å². The molecule has 8 heteroatoms. The number of para-hydroxylation sites is 1. The van der Waals surface area contributed by atoms with E-state index in [9.17, 15) is 14.4 Å². The van der Waals surface area contributed by atoms with Gasteiger partial charge >= 0.3 is 0 Å². The predicted octanol–water partition coefficient (Wildman–Crippen LogP) is 1.83. The van der Waals surface area contributed by atoms with Crippen LogP contribution in [0.1, 0.15) is 23.0 Å². The molecular formula is C20H19N5O3. The van der Waals surface area contributed by atoms with Crippen LogP contribution in [0.15, 0.2) is 67.1 Å². The smallest absolute Gasteiger partial charge is 0.288 e. The van der Waals surface area contributed by atoms with Crippen LogP contribution in [0.5, 0.6) is 0 Å². The molecule has 3 aromatic rings. The van der Waals surface area contributed by atoms with Gasteiger partial charge in [-0.3, -0.25) is 29.8 Å². The predicted molar refractivity (Wildman–Crippen MR) is 104 cm³/mol. The van der Waals surface area contributed by atoms with Gasteiger partial charge < -0.3 is 5.32 Å². The first kappa shape index (κ1) is 18.8. The number of aromatic nitrogens is 2. The third-order valence-electron chi connectivity index (χ3n) is 3.86. The largest absolute Gasteiger partial charge is 0.326 e. The lowest BCUT2D eigenvalue weighted by molar-refractivity contribution is -0.121. The standard InChI is InChI=1S/C20H19N5O3/c1-14(26)22-16-9-7-15(8-10-16)11-19(27)23-24-20(28)18-12-21-13-25(18)17-5-3-2-4-6-17/h2-10,12-13H,11H2,1H3,(H,22,26)(H,23,27)(H,24,28). The Labute approximate surface area is 161 Å². The van der Waals surface area contributed by atoms with E-state index in [1.165, 1.54) is 19.4 Å². The molecule has 0 aliphatic rings. The third-order valence-corrected chi connectivity index (χ3v) is 3.86. The molecule has 0 aliphatic heterocycles. The summed E-state index contributed by atoms with van der Waals surface area (Å²) in [7, 11) is 0. The number of nitrogens with zero attached hydrogens (tertiary/aromatic N) is 2. The number of carbonyl (C=O) groups is 3. The molecule has 3 amide bonds. The fourth-order valence-corrected chi connectivity index (χ4v) is 2.59. The Morgan fingerprint density at radius 1 is 0.964 bits per heavy atom. The molecule has 0 saturated carbocycles. The first-order valence-corrected chi connectivity index (χ1v) is 8.56. The number of rotatable bonds is 5. The lowest BCUT2D eigenvalue weighted by Crippen LogP contribution is -2.43. The van der Waals surface area contributed by atoms with Crippen molar-refractivity contribution < 1.29 is 14.4 Å². The van der Waals surface area contributed by atoms with E-state index in [1.807, 2.05) is 30.3 Å². The Bertz CT molecular complexity index is 981. The van der Waals surface area contributed by atoms with E-state index < -0.39 is 5.91 Å². The SMILES string of the molecule is CC(=O)Nc1ccc(CC(=O)NNC(=O)c2cncn2-c2ccccc2)cc1. The van der Waals surface area contributed by atoms with E-state index in [0.717, 1.165) is 11.3 Å². The van der Waals surface area contributed by atoms with E-state index >= 15 is 0 Å². The van der Waals surface area contributed by atoms with Gasteiger partial charge in [0, 0.05) is 18.3 Å². The molecule has 28 heavy (non-hydrogen) atoms. The zero-order valence-electron chi connectivity index (χ0n) is 15.2. The highest BCUT2D eigenvalue weighted by Gasteiger charge is 2.14. The second-order valence-corrected chi connectivity index (χ2v) is 6.04. The number of hydrogen-bond acceptors (Lipinski definition) is 4. The zero-order chi connectivity index (χ0) is 19.9. The highest BCUT2D eigenvalue weighted by atomic mass is 16.2. The minimum absolute atomic E-state index is 0.0819. The number of amides is 3. The molecule has 3 N–H and O–H groups in total.